The van der Waals surface area contributed by atoms with Crippen molar-refractivity contribution in [3.63, 3.8) is 0 Å². The Bertz CT molecular complexity index is 264. The van der Waals surface area contributed by atoms with Gasteiger partial charge in [-0.3, -0.25) is 9.79 Å². The predicted molar refractivity (Wildman–Crippen MR) is 56.2 cm³/mol. The van der Waals surface area contributed by atoms with Gasteiger partial charge in [-0.2, -0.15) is 0 Å². The first-order chi connectivity index (χ1) is 6.66. The van der Waals surface area contributed by atoms with Gasteiger partial charge in [-0.05, 0) is 25.7 Å². The van der Waals surface area contributed by atoms with Crippen molar-refractivity contribution in [2.75, 3.05) is 0 Å². The van der Waals surface area contributed by atoms with Crippen LogP contribution in [0.1, 0.15) is 39.5 Å². The highest BCUT2D eigenvalue weighted by atomic mass is 16.2. The molecule has 0 saturated heterocycles. The van der Waals surface area contributed by atoms with Crippen LogP contribution >= 0.6 is 0 Å². The van der Waals surface area contributed by atoms with Crippen molar-refractivity contribution in [1.29, 1.82) is 0 Å². The van der Waals surface area contributed by atoms with E-state index in [4.69, 9.17) is 0 Å². The third kappa shape index (κ3) is 1.81. The van der Waals surface area contributed by atoms with Crippen molar-refractivity contribution in [3.8, 4) is 0 Å². The maximum Gasteiger partial charge on any atom is 0.249 e. The second-order valence-electron chi connectivity index (χ2n) is 4.64. The summed E-state index contributed by atoms with van der Waals surface area (Å²) in [6.45, 7) is 4.15. The lowest BCUT2D eigenvalue weighted by Crippen LogP contribution is -2.33. The molecule has 3 nitrogen and oxygen atoms in total. The molecule has 0 aromatic rings. The molecule has 0 bridgehead atoms. The molecule has 1 N–H and O–H groups in total. The van der Waals surface area contributed by atoms with Gasteiger partial charge in [-0.1, -0.05) is 19.8 Å². The minimum absolute atomic E-state index is 0.0682. The average Bonchev–Trinajstić information content (AvgIpc) is 2.48. The topological polar surface area (TPSA) is 41.5 Å². The lowest BCUT2D eigenvalue weighted by molar-refractivity contribution is -0.119. The smallest absolute Gasteiger partial charge is 0.249 e. The molecule has 1 unspecified atom stereocenters. The average molecular weight is 194 g/mol. The Morgan fingerprint density at radius 2 is 1.86 bits per heavy atom. The molecule has 1 heterocycles. The van der Waals surface area contributed by atoms with Gasteiger partial charge in [0.1, 0.15) is 11.9 Å². The Hall–Kier alpha value is -0.860. The zero-order chi connectivity index (χ0) is 10.1. The number of nitrogens with zero attached hydrogens (tertiary/aromatic N) is 1. The van der Waals surface area contributed by atoms with Crippen molar-refractivity contribution in [1.82, 2.24) is 5.32 Å². The van der Waals surface area contributed by atoms with Crippen LogP contribution in [-0.4, -0.2) is 17.8 Å². The Labute approximate surface area is 85.0 Å². The number of nitrogens with one attached hydrogen (secondary N) is 1. The monoisotopic (exact) mass is 194 g/mol. The first kappa shape index (κ1) is 9.69. The van der Waals surface area contributed by atoms with Gasteiger partial charge < -0.3 is 5.32 Å². The highest BCUT2D eigenvalue weighted by Gasteiger charge is 2.29. The fraction of sp³-hybridized carbons (Fsp3) is 0.818. The van der Waals surface area contributed by atoms with Gasteiger partial charge in [0.05, 0.1) is 0 Å². The Kier molecular flexibility index (Phi) is 2.57. The first-order valence-electron chi connectivity index (χ1n) is 5.55. The van der Waals surface area contributed by atoms with E-state index in [9.17, 15) is 4.79 Å². The molecule has 2 rings (SSSR count). The third-order valence-corrected chi connectivity index (χ3v) is 3.37. The van der Waals surface area contributed by atoms with Crippen molar-refractivity contribution in [2.24, 2.45) is 16.8 Å². The molecule has 1 atom stereocenters. The van der Waals surface area contributed by atoms with Crippen molar-refractivity contribution >= 4 is 11.7 Å². The summed E-state index contributed by atoms with van der Waals surface area (Å²) in [6.07, 6.45) is 4.92. The third-order valence-electron chi connectivity index (χ3n) is 3.37. The van der Waals surface area contributed by atoms with Crippen LogP contribution in [0.4, 0.5) is 0 Å². The van der Waals surface area contributed by atoms with E-state index < -0.39 is 0 Å². The lowest BCUT2D eigenvalue weighted by Gasteiger charge is -2.25. The van der Waals surface area contributed by atoms with E-state index in [0.29, 0.717) is 5.92 Å². The minimum Gasteiger partial charge on any atom is -0.312 e. The normalized spacial score (nSPS) is 38.0. The van der Waals surface area contributed by atoms with Crippen LogP contribution < -0.4 is 5.32 Å². The molecule has 1 aliphatic heterocycles. The maximum absolute atomic E-state index is 11.3. The van der Waals surface area contributed by atoms with E-state index >= 15 is 0 Å². The molecule has 0 spiro atoms. The summed E-state index contributed by atoms with van der Waals surface area (Å²) < 4.78 is 0. The van der Waals surface area contributed by atoms with E-state index in [-0.39, 0.29) is 11.9 Å². The number of amides is 1. The maximum atomic E-state index is 11.3. The highest BCUT2D eigenvalue weighted by Crippen LogP contribution is 2.29. The number of rotatable bonds is 1. The van der Waals surface area contributed by atoms with Gasteiger partial charge in [0.15, 0.2) is 0 Å². The van der Waals surface area contributed by atoms with E-state index in [2.05, 4.69) is 17.2 Å². The molecule has 0 aromatic heterocycles. The Morgan fingerprint density at radius 1 is 1.21 bits per heavy atom. The number of hydrogen-bond donors (Lipinski definition) is 1. The van der Waals surface area contributed by atoms with Crippen LogP contribution in [0, 0.1) is 11.8 Å². The van der Waals surface area contributed by atoms with Crippen molar-refractivity contribution in [2.45, 2.75) is 45.6 Å². The van der Waals surface area contributed by atoms with E-state index in [1.165, 1.54) is 25.7 Å². The zero-order valence-electron chi connectivity index (χ0n) is 8.92. The number of carbonyl (C=O) groups excluding carboxylic acids is 1. The second-order valence-corrected chi connectivity index (χ2v) is 4.64. The summed E-state index contributed by atoms with van der Waals surface area (Å²) in [5.74, 6) is 2.38. The van der Waals surface area contributed by atoms with Gasteiger partial charge in [0, 0.05) is 5.92 Å². The summed E-state index contributed by atoms with van der Waals surface area (Å²) in [7, 11) is 0. The summed E-state index contributed by atoms with van der Waals surface area (Å²) >= 11 is 0. The fourth-order valence-electron chi connectivity index (χ4n) is 2.27. The summed E-state index contributed by atoms with van der Waals surface area (Å²) in [6, 6.07) is -0.163. The van der Waals surface area contributed by atoms with Crippen LogP contribution in [-0.2, 0) is 4.79 Å². The van der Waals surface area contributed by atoms with Crippen molar-refractivity contribution in [3.05, 3.63) is 0 Å². The molecule has 78 valence electrons. The lowest BCUT2D eigenvalue weighted by atomic mass is 9.82. The molecule has 3 heteroatoms. The highest BCUT2D eigenvalue weighted by molar-refractivity contribution is 6.06. The SMILES string of the molecule is CC1CCC(C2=NC(C)C(=O)N2)CC1. The number of amidine groups is 1. The molecule has 1 aliphatic carbocycles. The minimum atomic E-state index is -0.163. The molecule has 0 radical (unpaired) electrons. The van der Waals surface area contributed by atoms with Crippen molar-refractivity contribution < 1.29 is 4.79 Å². The summed E-state index contributed by atoms with van der Waals surface area (Å²) in [5, 5.41) is 2.90. The molecular weight excluding hydrogens is 176 g/mol. The van der Waals surface area contributed by atoms with Crippen LogP contribution in [0.2, 0.25) is 0 Å². The molecule has 1 saturated carbocycles. The Morgan fingerprint density at radius 3 is 2.36 bits per heavy atom. The molecule has 2 aliphatic rings. The van der Waals surface area contributed by atoms with Gasteiger partial charge >= 0.3 is 0 Å². The van der Waals surface area contributed by atoms with Gasteiger partial charge in [0.25, 0.3) is 0 Å². The quantitative estimate of drug-likeness (QED) is 0.678. The van der Waals surface area contributed by atoms with E-state index in [1.807, 2.05) is 6.92 Å². The summed E-state index contributed by atoms with van der Waals surface area (Å²) in [5.41, 5.74) is 0. The van der Waals surface area contributed by atoms with Crippen LogP contribution in [0.3, 0.4) is 0 Å². The Balaban J connectivity index is 1.97. The zero-order valence-corrected chi connectivity index (χ0v) is 8.92. The fourth-order valence-corrected chi connectivity index (χ4v) is 2.27. The largest absolute Gasteiger partial charge is 0.312 e. The number of hydrogen-bond acceptors (Lipinski definition) is 2. The predicted octanol–water partition coefficient (Wildman–Crippen LogP) is 1.73. The van der Waals surface area contributed by atoms with Crippen LogP contribution in [0.5, 0.6) is 0 Å². The standard InChI is InChI=1S/C11H18N2O/c1-7-3-5-9(6-4-7)10-12-8(2)11(14)13-10/h7-9H,3-6H2,1-2H3,(H,12,13,14). The molecule has 1 amide bonds. The van der Waals surface area contributed by atoms with Crippen LogP contribution in [0.15, 0.2) is 4.99 Å². The molecular formula is C11H18N2O. The van der Waals surface area contributed by atoms with Gasteiger partial charge in [-0.15, -0.1) is 0 Å². The number of carbonyl (C=O) groups is 1. The molecule has 14 heavy (non-hydrogen) atoms. The van der Waals surface area contributed by atoms with E-state index in [0.717, 1.165) is 11.8 Å². The number of aliphatic imine (C=N–C) groups is 1. The van der Waals surface area contributed by atoms with Gasteiger partial charge in [-0.25, -0.2) is 0 Å². The van der Waals surface area contributed by atoms with Gasteiger partial charge in [0.2, 0.25) is 5.91 Å². The summed E-state index contributed by atoms with van der Waals surface area (Å²) in [4.78, 5) is 15.6. The first-order valence-corrected chi connectivity index (χ1v) is 5.55. The van der Waals surface area contributed by atoms with E-state index in [1.54, 1.807) is 0 Å². The second kappa shape index (κ2) is 3.71. The molecule has 1 fully saturated rings. The van der Waals surface area contributed by atoms with Crippen LogP contribution in [0.25, 0.3) is 0 Å². The molecule has 0 aromatic carbocycles.